The van der Waals surface area contributed by atoms with Crippen LogP contribution in [0.5, 0.6) is 0 Å². The van der Waals surface area contributed by atoms with E-state index >= 15 is 0 Å². The molecule has 1 heterocycles. The quantitative estimate of drug-likeness (QED) is 0.338. The zero-order valence-corrected chi connectivity index (χ0v) is 18.0. The Balaban J connectivity index is 2.67. The molecule has 0 radical (unpaired) electrons. The first-order valence-corrected chi connectivity index (χ1v) is 9.86. The highest BCUT2D eigenvalue weighted by Gasteiger charge is 2.32. The lowest BCUT2D eigenvalue weighted by Crippen LogP contribution is -2.26. The van der Waals surface area contributed by atoms with E-state index in [1.807, 2.05) is 0 Å². The molecule has 2 aromatic rings. The van der Waals surface area contributed by atoms with Crippen molar-refractivity contribution in [3.8, 4) is 5.69 Å². The zero-order chi connectivity index (χ0) is 19.9. The van der Waals surface area contributed by atoms with Gasteiger partial charge in [0.1, 0.15) is 0 Å². The van der Waals surface area contributed by atoms with Crippen LogP contribution in [0.4, 0.5) is 5.69 Å². The predicted octanol–water partition coefficient (Wildman–Crippen LogP) is 4.36. The lowest BCUT2D eigenvalue weighted by atomic mass is 10.3. The summed E-state index contributed by atoms with van der Waals surface area (Å²) in [5, 5.41) is 10.7. The molecule has 16 heteroatoms. The van der Waals surface area contributed by atoms with Crippen LogP contribution in [0.2, 0.25) is 0 Å². The highest BCUT2D eigenvalue weighted by Crippen LogP contribution is 2.42. The second kappa shape index (κ2) is 8.04. The number of nitro groups is 1. The smallest absolute Gasteiger partial charge is 0.258 e. The van der Waals surface area contributed by atoms with Crippen molar-refractivity contribution in [2.75, 3.05) is 0 Å². The minimum atomic E-state index is -2.01. The molecule has 0 bridgehead atoms. The zero-order valence-electron chi connectivity index (χ0n) is 11.8. The van der Waals surface area contributed by atoms with Crippen molar-refractivity contribution in [1.29, 1.82) is 0 Å². The fourth-order valence-corrected chi connectivity index (χ4v) is 4.08. The van der Waals surface area contributed by atoms with E-state index in [1.165, 1.54) is 12.1 Å². The monoisotopic (exact) mass is 518 g/mol. The fourth-order valence-electron chi connectivity index (χ4n) is 1.70. The van der Waals surface area contributed by atoms with Crippen LogP contribution in [-0.4, -0.2) is 23.9 Å². The molecular formula is C10H4Cl6N4O4S2. The van der Waals surface area contributed by atoms with Crippen molar-refractivity contribution in [2.45, 2.75) is 6.25 Å². The van der Waals surface area contributed by atoms with E-state index in [0.29, 0.717) is 36.6 Å². The minimum Gasteiger partial charge on any atom is -0.258 e. The highest BCUT2D eigenvalue weighted by atomic mass is 35.6. The Bertz CT molecular complexity index is 895. The normalized spacial score (nSPS) is 12.4. The Kier molecular flexibility index (Phi) is 6.83. The van der Waals surface area contributed by atoms with Crippen LogP contribution in [0, 0.1) is 10.1 Å². The number of nitrogens with zero attached hydrogens (tertiary/aromatic N) is 4. The topological polar surface area (TPSA) is 92.1 Å². The van der Waals surface area contributed by atoms with Crippen LogP contribution in [-0.2, 0) is 0 Å². The molecule has 0 amide bonds. The van der Waals surface area contributed by atoms with Crippen molar-refractivity contribution in [3.05, 3.63) is 55.3 Å². The van der Waals surface area contributed by atoms with E-state index in [2.05, 4.69) is 0 Å². The molecule has 0 atom stereocenters. The predicted molar refractivity (Wildman–Crippen MR) is 108 cm³/mol. The molecular weight excluding hydrogens is 517 g/mol. The maximum Gasteiger partial charge on any atom is 0.363 e. The van der Waals surface area contributed by atoms with Gasteiger partial charge in [-0.05, 0) is 12.1 Å². The van der Waals surface area contributed by atoms with E-state index in [9.17, 15) is 19.7 Å². The Hall–Kier alpha value is -0.200. The molecule has 1 aromatic carbocycles. The number of hydrogen-bond donors (Lipinski definition) is 0. The third-order valence-corrected chi connectivity index (χ3v) is 5.32. The molecule has 0 N–H and O–H groups in total. The second-order valence-electron chi connectivity index (χ2n) is 4.29. The lowest BCUT2D eigenvalue weighted by Gasteiger charge is -2.14. The number of halogens is 6. The maximum absolute atomic E-state index is 12.6. The van der Waals surface area contributed by atoms with Crippen molar-refractivity contribution in [2.24, 2.45) is 0 Å². The van der Waals surface area contributed by atoms with Gasteiger partial charge in [0.2, 0.25) is 0 Å². The first kappa shape index (κ1) is 22.1. The number of nitro benzene ring substituents is 1. The summed E-state index contributed by atoms with van der Waals surface area (Å²) in [5.41, 5.74) is -2.05. The molecule has 0 aliphatic rings. The molecule has 0 fully saturated rings. The third-order valence-electron chi connectivity index (χ3n) is 2.57. The minimum absolute atomic E-state index is 0.0351. The van der Waals surface area contributed by atoms with Gasteiger partial charge in [-0.1, -0.05) is 69.6 Å². The fraction of sp³-hybridized carbons (Fsp3) is 0.200. The third kappa shape index (κ3) is 5.41. The summed E-state index contributed by atoms with van der Waals surface area (Å²) in [4.78, 5) is 35.3. The number of aromatic nitrogens is 3. The average molecular weight is 521 g/mol. The van der Waals surface area contributed by atoms with Crippen molar-refractivity contribution >= 4 is 99.2 Å². The SMILES string of the molecule is O=c1n(-c2ccc([N+](=O)[O-])cc2)c(=O)n(SC(Cl)(Cl)Cl)n1SC(Cl)(Cl)Cl. The van der Waals surface area contributed by atoms with Crippen molar-refractivity contribution < 1.29 is 4.92 Å². The summed E-state index contributed by atoms with van der Waals surface area (Å²) < 4.78 is -1.94. The standard InChI is InChI=1S/C10H4Cl6N4O4S2/c11-9(12,13)25-18-7(21)17(8(22)19(18)26-10(14,15)16)5-1-3-6(4-2-5)20(23)24/h1-4H. The van der Waals surface area contributed by atoms with Crippen LogP contribution in [0.25, 0.3) is 5.69 Å². The number of rotatable bonds is 4. The summed E-state index contributed by atoms with van der Waals surface area (Å²) in [7, 11) is 0. The summed E-state index contributed by atoms with van der Waals surface area (Å²) >= 11 is 34.8. The van der Waals surface area contributed by atoms with E-state index in [4.69, 9.17) is 69.6 Å². The Labute approximate surface area is 183 Å². The second-order valence-corrected chi connectivity index (χ2v) is 12.5. The summed E-state index contributed by atoms with van der Waals surface area (Å²) in [6.45, 7) is 0. The van der Waals surface area contributed by atoms with Gasteiger partial charge in [-0.15, -0.1) is 0 Å². The van der Waals surface area contributed by atoms with Gasteiger partial charge in [0.25, 0.3) is 11.9 Å². The lowest BCUT2D eigenvalue weighted by molar-refractivity contribution is -0.384. The van der Waals surface area contributed by atoms with Gasteiger partial charge in [-0.3, -0.25) is 10.1 Å². The number of alkyl halides is 6. The number of benzene rings is 1. The van der Waals surface area contributed by atoms with Crippen LogP contribution in [0.3, 0.4) is 0 Å². The van der Waals surface area contributed by atoms with Gasteiger partial charge < -0.3 is 0 Å². The van der Waals surface area contributed by atoms with Gasteiger partial charge in [-0.2, -0.15) is 8.17 Å². The molecule has 0 spiro atoms. The van der Waals surface area contributed by atoms with Crippen LogP contribution < -0.4 is 11.4 Å². The molecule has 0 aliphatic carbocycles. The van der Waals surface area contributed by atoms with E-state index in [0.717, 1.165) is 12.1 Å². The van der Waals surface area contributed by atoms with Crippen molar-refractivity contribution in [3.63, 3.8) is 0 Å². The van der Waals surface area contributed by atoms with E-state index in [-0.39, 0.29) is 11.4 Å². The van der Waals surface area contributed by atoms with Gasteiger partial charge in [0.15, 0.2) is 0 Å². The number of non-ortho nitro benzene ring substituents is 1. The Morgan fingerprint density at radius 3 is 1.54 bits per heavy atom. The molecule has 0 saturated heterocycles. The molecule has 0 unspecified atom stereocenters. The molecule has 0 aliphatic heterocycles. The first-order chi connectivity index (χ1) is 11.8. The van der Waals surface area contributed by atoms with Gasteiger partial charge >= 0.3 is 11.4 Å². The van der Waals surface area contributed by atoms with E-state index < -0.39 is 22.6 Å². The summed E-state index contributed by atoms with van der Waals surface area (Å²) in [6.07, 6.45) is 0. The first-order valence-electron chi connectivity index (χ1n) is 6.04. The van der Waals surface area contributed by atoms with Gasteiger partial charge in [0.05, 0.1) is 10.6 Å². The molecule has 26 heavy (non-hydrogen) atoms. The van der Waals surface area contributed by atoms with Crippen LogP contribution >= 0.6 is 93.5 Å². The van der Waals surface area contributed by atoms with Crippen LogP contribution in [0.15, 0.2) is 33.9 Å². The molecule has 0 saturated carbocycles. The molecule has 2 rings (SSSR count). The highest BCUT2D eigenvalue weighted by molar-refractivity contribution is 8.05. The van der Waals surface area contributed by atoms with E-state index in [1.54, 1.807) is 0 Å². The Morgan fingerprint density at radius 2 is 1.23 bits per heavy atom. The van der Waals surface area contributed by atoms with Gasteiger partial charge in [-0.25, -0.2) is 14.2 Å². The molecule has 1 aromatic heterocycles. The maximum atomic E-state index is 12.6. The number of hydrogen-bond acceptors (Lipinski definition) is 6. The van der Waals surface area contributed by atoms with Crippen LogP contribution in [0.1, 0.15) is 0 Å². The largest absolute Gasteiger partial charge is 0.363 e. The Morgan fingerprint density at radius 1 is 0.846 bits per heavy atom. The van der Waals surface area contributed by atoms with Gasteiger partial charge in [0, 0.05) is 36.0 Å². The summed E-state index contributed by atoms with van der Waals surface area (Å²) in [5.74, 6) is 0. The average Bonchev–Trinajstić information content (AvgIpc) is 2.69. The molecule has 8 nitrogen and oxygen atoms in total. The summed E-state index contributed by atoms with van der Waals surface area (Å²) in [6, 6.07) is 4.64. The van der Waals surface area contributed by atoms with Crippen molar-refractivity contribution in [1.82, 2.24) is 12.7 Å². The molecule has 142 valence electrons.